The molecule has 0 radical (unpaired) electrons. The van der Waals surface area contributed by atoms with Crippen LogP contribution < -0.4 is 5.32 Å². The first kappa shape index (κ1) is 18.9. The van der Waals surface area contributed by atoms with Crippen LogP contribution in [-0.4, -0.2) is 39.1 Å². The second-order valence-electron chi connectivity index (χ2n) is 7.90. The molecule has 6 heteroatoms. The Morgan fingerprint density at radius 3 is 2.61 bits per heavy atom. The Hall–Kier alpha value is -2.47. The lowest BCUT2D eigenvalue weighted by Gasteiger charge is -2.38. The van der Waals surface area contributed by atoms with Crippen LogP contribution in [0.25, 0.3) is 0 Å². The molecule has 1 aromatic heterocycles. The molecule has 2 heterocycles. The van der Waals surface area contributed by atoms with Crippen LogP contribution in [0, 0.1) is 6.92 Å². The van der Waals surface area contributed by atoms with Gasteiger partial charge >= 0.3 is 6.03 Å². The van der Waals surface area contributed by atoms with Crippen molar-refractivity contribution in [3.05, 3.63) is 58.7 Å². The smallest absolute Gasteiger partial charge is 0.317 e. The van der Waals surface area contributed by atoms with Gasteiger partial charge in [0.15, 0.2) is 0 Å². The Bertz CT molecular complexity index is 845. The Morgan fingerprint density at radius 2 is 1.86 bits per heavy atom. The molecule has 4 rings (SSSR count). The third kappa shape index (κ3) is 3.87. The maximum atomic E-state index is 12.6. The van der Waals surface area contributed by atoms with Crippen molar-refractivity contribution in [2.75, 3.05) is 13.1 Å². The number of aliphatic hydroxyl groups is 1. The number of hydrogen-bond acceptors (Lipinski definition) is 4. The number of nitrogens with zero attached hydrogens (tertiary/aromatic N) is 3. The topological polar surface area (TPSA) is 78.4 Å². The van der Waals surface area contributed by atoms with Gasteiger partial charge in [-0.15, -0.1) is 0 Å². The van der Waals surface area contributed by atoms with Gasteiger partial charge in [-0.2, -0.15) is 0 Å². The third-order valence-corrected chi connectivity index (χ3v) is 6.02. The van der Waals surface area contributed by atoms with Gasteiger partial charge in [0, 0.05) is 24.5 Å². The van der Waals surface area contributed by atoms with Gasteiger partial charge in [-0.3, -0.25) is 0 Å². The Morgan fingerprint density at radius 1 is 1.14 bits per heavy atom. The number of likely N-dealkylation sites (tertiary alicyclic amines) is 1. The summed E-state index contributed by atoms with van der Waals surface area (Å²) >= 11 is 0. The first-order valence-electron chi connectivity index (χ1n) is 10.2. The van der Waals surface area contributed by atoms with E-state index in [-0.39, 0.29) is 6.03 Å². The summed E-state index contributed by atoms with van der Waals surface area (Å²) in [6.07, 6.45) is 5.53. The van der Waals surface area contributed by atoms with Gasteiger partial charge in [0.2, 0.25) is 0 Å². The minimum Gasteiger partial charge on any atom is -0.385 e. The first-order valence-corrected chi connectivity index (χ1v) is 10.2. The van der Waals surface area contributed by atoms with E-state index >= 15 is 0 Å². The normalized spacial score (nSPS) is 18.4. The number of urea groups is 1. The minimum absolute atomic E-state index is 0.117. The highest BCUT2D eigenvalue weighted by Gasteiger charge is 2.35. The molecule has 1 fully saturated rings. The van der Waals surface area contributed by atoms with Crippen LogP contribution in [0.5, 0.6) is 0 Å². The van der Waals surface area contributed by atoms with Gasteiger partial charge < -0.3 is 15.3 Å². The summed E-state index contributed by atoms with van der Waals surface area (Å²) < 4.78 is 0. The van der Waals surface area contributed by atoms with Crippen molar-refractivity contribution in [1.82, 2.24) is 20.2 Å². The molecule has 2 aliphatic rings. The monoisotopic (exact) mass is 380 g/mol. The van der Waals surface area contributed by atoms with E-state index in [1.807, 2.05) is 37.3 Å². The molecule has 2 aromatic rings. The van der Waals surface area contributed by atoms with Crippen LogP contribution in [0.2, 0.25) is 0 Å². The zero-order chi connectivity index (χ0) is 19.6. The van der Waals surface area contributed by atoms with Gasteiger partial charge in [0.05, 0.1) is 12.1 Å². The molecule has 0 spiro atoms. The number of nitrogens with one attached hydrogen (secondary N) is 1. The number of benzene rings is 1. The van der Waals surface area contributed by atoms with E-state index in [9.17, 15) is 9.90 Å². The third-order valence-electron chi connectivity index (χ3n) is 6.02. The average molecular weight is 380 g/mol. The fraction of sp³-hybridized carbons (Fsp3) is 0.500. The van der Waals surface area contributed by atoms with Crippen LogP contribution in [0.3, 0.4) is 0 Å². The summed E-state index contributed by atoms with van der Waals surface area (Å²) in [5, 5.41) is 13.9. The van der Waals surface area contributed by atoms with E-state index in [1.54, 1.807) is 4.90 Å². The predicted molar refractivity (Wildman–Crippen MR) is 107 cm³/mol. The number of carbonyl (C=O) groups excluding carboxylic acids is 1. The summed E-state index contributed by atoms with van der Waals surface area (Å²) in [5.74, 6) is 0.685. The zero-order valence-corrected chi connectivity index (χ0v) is 16.4. The second kappa shape index (κ2) is 7.87. The fourth-order valence-electron chi connectivity index (χ4n) is 4.31. The van der Waals surface area contributed by atoms with E-state index < -0.39 is 5.60 Å². The average Bonchev–Trinajstić information content (AvgIpc) is 2.73. The van der Waals surface area contributed by atoms with Crippen LogP contribution in [-0.2, 0) is 25.0 Å². The summed E-state index contributed by atoms with van der Waals surface area (Å²) in [5.41, 5.74) is 3.55. The minimum atomic E-state index is -0.850. The van der Waals surface area contributed by atoms with E-state index in [0.29, 0.717) is 38.3 Å². The number of aromatic nitrogens is 2. The molecule has 1 aromatic carbocycles. The van der Waals surface area contributed by atoms with Crippen molar-refractivity contribution in [1.29, 1.82) is 0 Å². The molecular formula is C22H28N4O2. The van der Waals surface area contributed by atoms with Crippen molar-refractivity contribution in [3.63, 3.8) is 0 Å². The standard InChI is InChI=1S/C22H28N4O2/c1-16-18-9-5-6-10-19(18)25-20(24-16)15-23-21(27)26-13-11-22(28,12-14-26)17-7-3-2-4-8-17/h2-4,7-8,28H,5-6,9-15H2,1H3,(H,23,27). The molecule has 1 saturated heterocycles. The Labute approximate surface area is 166 Å². The summed E-state index contributed by atoms with van der Waals surface area (Å²) in [7, 11) is 0. The number of rotatable bonds is 3. The summed E-state index contributed by atoms with van der Waals surface area (Å²) in [4.78, 5) is 23.6. The SMILES string of the molecule is Cc1nc(CNC(=O)N2CCC(O)(c3ccccc3)CC2)nc2c1CCCC2. The van der Waals surface area contributed by atoms with E-state index in [4.69, 9.17) is 0 Å². The maximum absolute atomic E-state index is 12.6. The van der Waals surface area contributed by atoms with Gasteiger partial charge in [0.25, 0.3) is 0 Å². The first-order chi connectivity index (χ1) is 13.5. The highest BCUT2D eigenvalue weighted by molar-refractivity contribution is 5.74. The van der Waals surface area contributed by atoms with Crippen LogP contribution in [0.1, 0.15) is 54.0 Å². The highest BCUT2D eigenvalue weighted by Crippen LogP contribution is 2.32. The molecule has 6 nitrogen and oxygen atoms in total. The van der Waals surface area contributed by atoms with Gasteiger partial charge in [-0.25, -0.2) is 14.8 Å². The van der Waals surface area contributed by atoms with Crippen LogP contribution in [0.4, 0.5) is 4.79 Å². The zero-order valence-electron chi connectivity index (χ0n) is 16.4. The molecule has 0 saturated carbocycles. The van der Waals surface area contributed by atoms with Gasteiger partial charge in [-0.05, 0) is 56.6 Å². The quantitative estimate of drug-likeness (QED) is 0.858. The molecule has 28 heavy (non-hydrogen) atoms. The van der Waals surface area contributed by atoms with Gasteiger partial charge in [-0.1, -0.05) is 30.3 Å². The molecular weight excluding hydrogens is 352 g/mol. The molecule has 148 valence electrons. The molecule has 1 aliphatic heterocycles. The van der Waals surface area contributed by atoms with Crippen molar-refractivity contribution in [3.8, 4) is 0 Å². The summed E-state index contributed by atoms with van der Waals surface area (Å²) in [6, 6.07) is 9.60. The lowest BCUT2D eigenvalue weighted by Crippen LogP contribution is -2.48. The number of amides is 2. The molecule has 0 unspecified atom stereocenters. The molecule has 2 amide bonds. The van der Waals surface area contributed by atoms with Crippen molar-refractivity contribution >= 4 is 6.03 Å². The van der Waals surface area contributed by atoms with Crippen molar-refractivity contribution < 1.29 is 9.90 Å². The van der Waals surface area contributed by atoms with Crippen molar-refractivity contribution in [2.24, 2.45) is 0 Å². The molecule has 0 bridgehead atoms. The molecule has 0 atom stereocenters. The maximum Gasteiger partial charge on any atom is 0.317 e. The molecule has 1 aliphatic carbocycles. The number of piperidine rings is 1. The van der Waals surface area contributed by atoms with Crippen molar-refractivity contribution in [2.45, 2.75) is 57.6 Å². The van der Waals surface area contributed by atoms with E-state index in [2.05, 4.69) is 15.3 Å². The number of hydrogen-bond donors (Lipinski definition) is 2. The number of fused-ring (bicyclic) bond motifs is 1. The second-order valence-corrected chi connectivity index (χ2v) is 7.90. The lowest BCUT2D eigenvalue weighted by molar-refractivity contribution is -0.0168. The number of carbonyl (C=O) groups is 1. The van der Waals surface area contributed by atoms with Gasteiger partial charge in [0.1, 0.15) is 5.82 Å². The van der Waals surface area contributed by atoms with Crippen LogP contribution >= 0.6 is 0 Å². The lowest BCUT2D eigenvalue weighted by atomic mass is 9.84. The van der Waals surface area contributed by atoms with E-state index in [0.717, 1.165) is 29.8 Å². The van der Waals surface area contributed by atoms with Crippen LogP contribution in [0.15, 0.2) is 30.3 Å². The highest BCUT2D eigenvalue weighted by atomic mass is 16.3. The Kier molecular flexibility index (Phi) is 5.31. The predicted octanol–water partition coefficient (Wildman–Crippen LogP) is 2.86. The summed E-state index contributed by atoms with van der Waals surface area (Å²) in [6.45, 7) is 3.43. The molecule has 2 N–H and O–H groups in total. The van der Waals surface area contributed by atoms with E-state index in [1.165, 1.54) is 18.4 Å². The number of aryl methyl sites for hydroxylation is 2. The fourth-order valence-corrected chi connectivity index (χ4v) is 4.31. The Balaban J connectivity index is 1.34. The largest absolute Gasteiger partial charge is 0.385 e.